The summed E-state index contributed by atoms with van der Waals surface area (Å²) < 4.78 is 11.3. The van der Waals surface area contributed by atoms with Crippen LogP contribution in [-0.4, -0.2) is 30.0 Å². The Bertz CT molecular complexity index is 369. The van der Waals surface area contributed by atoms with Crippen LogP contribution in [0.1, 0.15) is 19.8 Å². The summed E-state index contributed by atoms with van der Waals surface area (Å²) in [5, 5.41) is 10.3. The molecule has 0 bridgehead atoms. The molecule has 17 heavy (non-hydrogen) atoms. The van der Waals surface area contributed by atoms with Crippen molar-refractivity contribution in [1.82, 2.24) is 0 Å². The number of rotatable bonds is 5. The fourth-order valence-corrected chi connectivity index (χ4v) is 2.04. The standard InChI is InChI=1S/C13H17ClO3/c1-2-6-16-13-11(15)8-12(13)17-10-5-3-4-9(14)7-10/h3-5,7,11-13,15H,2,6,8H2,1H3. The lowest BCUT2D eigenvalue weighted by Crippen LogP contribution is -2.55. The number of benzene rings is 1. The van der Waals surface area contributed by atoms with E-state index in [1.807, 2.05) is 19.1 Å². The Hall–Kier alpha value is -0.770. The molecule has 4 heteroatoms. The van der Waals surface area contributed by atoms with Crippen LogP contribution in [0.2, 0.25) is 5.02 Å². The molecule has 94 valence electrons. The molecule has 1 fully saturated rings. The Morgan fingerprint density at radius 2 is 2.29 bits per heavy atom. The first-order valence-electron chi connectivity index (χ1n) is 5.92. The highest BCUT2D eigenvalue weighted by molar-refractivity contribution is 6.30. The normalized spacial score (nSPS) is 27.6. The molecule has 1 aromatic carbocycles. The maximum atomic E-state index is 9.61. The summed E-state index contributed by atoms with van der Waals surface area (Å²) in [6.45, 7) is 2.69. The van der Waals surface area contributed by atoms with Gasteiger partial charge in [0, 0.05) is 18.1 Å². The van der Waals surface area contributed by atoms with Gasteiger partial charge in [-0.2, -0.15) is 0 Å². The van der Waals surface area contributed by atoms with Crippen LogP contribution in [0.25, 0.3) is 0 Å². The van der Waals surface area contributed by atoms with Crippen LogP contribution in [0, 0.1) is 0 Å². The number of ether oxygens (including phenoxy) is 2. The molecule has 0 spiro atoms. The average Bonchev–Trinajstić information content (AvgIpc) is 2.29. The molecule has 3 atom stereocenters. The summed E-state index contributed by atoms with van der Waals surface area (Å²) in [7, 11) is 0. The number of halogens is 1. The molecule has 2 rings (SSSR count). The van der Waals surface area contributed by atoms with E-state index in [0.717, 1.165) is 12.2 Å². The molecule has 0 aliphatic heterocycles. The number of hydrogen-bond donors (Lipinski definition) is 1. The predicted octanol–water partition coefficient (Wildman–Crippen LogP) is 2.65. The third kappa shape index (κ3) is 3.12. The topological polar surface area (TPSA) is 38.7 Å². The molecule has 0 saturated heterocycles. The Kier molecular flexibility index (Phi) is 4.26. The van der Waals surface area contributed by atoms with Crippen LogP contribution in [0.4, 0.5) is 0 Å². The lowest BCUT2D eigenvalue weighted by Gasteiger charge is -2.40. The van der Waals surface area contributed by atoms with Gasteiger partial charge in [0.05, 0.1) is 6.10 Å². The minimum atomic E-state index is -0.411. The molecular weight excluding hydrogens is 240 g/mol. The van der Waals surface area contributed by atoms with Gasteiger partial charge in [0.2, 0.25) is 0 Å². The van der Waals surface area contributed by atoms with Gasteiger partial charge >= 0.3 is 0 Å². The summed E-state index contributed by atoms with van der Waals surface area (Å²) in [4.78, 5) is 0. The molecular formula is C13H17ClO3. The average molecular weight is 257 g/mol. The number of aliphatic hydroxyl groups is 1. The Morgan fingerprint density at radius 3 is 2.94 bits per heavy atom. The van der Waals surface area contributed by atoms with Crippen molar-refractivity contribution in [2.24, 2.45) is 0 Å². The number of aliphatic hydroxyl groups excluding tert-OH is 1. The Labute approximate surface area is 106 Å². The van der Waals surface area contributed by atoms with Crippen LogP contribution in [0.3, 0.4) is 0 Å². The smallest absolute Gasteiger partial charge is 0.130 e. The van der Waals surface area contributed by atoms with Gasteiger partial charge in [-0.3, -0.25) is 0 Å². The fraction of sp³-hybridized carbons (Fsp3) is 0.538. The first-order chi connectivity index (χ1) is 8.20. The first kappa shape index (κ1) is 12.7. The van der Waals surface area contributed by atoms with Gasteiger partial charge in [0.25, 0.3) is 0 Å². The van der Waals surface area contributed by atoms with Gasteiger partial charge in [0.15, 0.2) is 0 Å². The van der Waals surface area contributed by atoms with Crippen LogP contribution in [-0.2, 0) is 4.74 Å². The quantitative estimate of drug-likeness (QED) is 0.880. The van der Waals surface area contributed by atoms with Crippen molar-refractivity contribution in [1.29, 1.82) is 0 Å². The van der Waals surface area contributed by atoms with Crippen LogP contribution >= 0.6 is 11.6 Å². The SMILES string of the molecule is CCCOC1C(O)CC1Oc1cccc(Cl)c1. The van der Waals surface area contributed by atoms with Gasteiger partial charge in [-0.25, -0.2) is 0 Å². The molecule has 0 radical (unpaired) electrons. The summed E-state index contributed by atoms with van der Waals surface area (Å²) in [6, 6.07) is 7.26. The lowest BCUT2D eigenvalue weighted by atomic mass is 9.88. The summed E-state index contributed by atoms with van der Waals surface area (Å²) in [5.74, 6) is 0.722. The molecule has 1 aliphatic carbocycles. The zero-order valence-corrected chi connectivity index (χ0v) is 10.6. The van der Waals surface area contributed by atoms with Gasteiger partial charge in [-0.1, -0.05) is 24.6 Å². The van der Waals surface area contributed by atoms with Gasteiger partial charge < -0.3 is 14.6 Å². The highest BCUT2D eigenvalue weighted by Gasteiger charge is 2.42. The highest BCUT2D eigenvalue weighted by Crippen LogP contribution is 2.30. The summed E-state index contributed by atoms with van der Waals surface area (Å²) >= 11 is 5.88. The molecule has 1 aromatic rings. The fourth-order valence-electron chi connectivity index (χ4n) is 1.86. The molecule has 1 saturated carbocycles. The predicted molar refractivity (Wildman–Crippen MR) is 66.5 cm³/mol. The van der Waals surface area contributed by atoms with Gasteiger partial charge in [-0.15, -0.1) is 0 Å². The minimum Gasteiger partial charge on any atom is -0.487 e. The molecule has 1 aliphatic rings. The van der Waals surface area contributed by atoms with Gasteiger partial charge in [-0.05, 0) is 24.6 Å². The zero-order chi connectivity index (χ0) is 12.3. The molecule has 0 heterocycles. The van der Waals surface area contributed by atoms with Crippen molar-refractivity contribution in [3.05, 3.63) is 29.3 Å². The van der Waals surface area contributed by atoms with E-state index in [1.54, 1.807) is 12.1 Å². The van der Waals surface area contributed by atoms with Crippen molar-refractivity contribution < 1.29 is 14.6 Å². The monoisotopic (exact) mass is 256 g/mol. The minimum absolute atomic E-state index is 0.0741. The van der Waals surface area contributed by atoms with E-state index in [2.05, 4.69) is 0 Å². The highest BCUT2D eigenvalue weighted by atomic mass is 35.5. The van der Waals surface area contributed by atoms with Crippen molar-refractivity contribution in [2.75, 3.05) is 6.61 Å². The van der Waals surface area contributed by atoms with E-state index in [4.69, 9.17) is 21.1 Å². The van der Waals surface area contributed by atoms with Crippen LogP contribution in [0.5, 0.6) is 5.75 Å². The van der Waals surface area contributed by atoms with Crippen molar-refractivity contribution in [3.8, 4) is 5.75 Å². The lowest BCUT2D eigenvalue weighted by molar-refractivity contribution is -0.162. The van der Waals surface area contributed by atoms with E-state index >= 15 is 0 Å². The molecule has 1 N–H and O–H groups in total. The summed E-state index contributed by atoms with van der Waals surface area (Å²) in [6.07, 6.45) is 0.850. The maximum absolute atomic E-state index is 9.61. The largest absolute Gasteiger partial charge is 0.487 e. The van der Waals surface area contributed by atoms with Crippen LogP contribution < -0.4 is 4.74 Å². The maximum Gasteiger partial charge on any atom is 0.130 e. The second-order valence-electron chi connectivity index (χ2n) is 4.25. The zero-order valence-electron chi connectivity index (χ0n) is 9.80. The van der Waals surface area contributed by atoms with E-state index < -0.39 is 6.10 Å². The van der Waals surface area contributed by atoms with E-state index in [-0.39, 0.29) is 12.2 Å². The molecule has 3 nitrogen and oxygen atoms in total. The van der Waals surface area contributed by atoms with Crippen molar-refractivity contribution in [3.63, 3.8) is 0 Å². The third-order valence-electron chi connectivity index (χ3n) is 2.82. The van der Waals surface area contributed by atoms with Crippen molar-refractivity contribution in [2.45, 2.75) is 38.1 Å². The molecule has 0 amide bonds. The molecule has 3 unspecified atom stereocenters. The van der Waals surface area contributed by atoms with Crippen molar-refractivity contribution >= 4 is 11.6 Å². The Morgan fingerprint density at radius 1 is 1.47 bits per heavy atom. The number of hydrogen-bond acceptors (Lipinski definition) is 3. The van der Waals surface area contributed by atoms with E-state index in [0.29, 0.717) is 18.1 Å². The second-order valence-corrected chi connectivity index (χ2v) is 4.69. The first-order valence-corrected chi connectivity index (χ1v) is 6.30. The second kappa shape index (κ2) is 5.71. The molecule has 0 aromatic heterocycles. The van der Waals surface area contributed by atoms with E-state index in [1.165, 1.54) is 0 Å². The van der Waals surface area contributed by atoms with Crippen LogP contribution in [0.15, 0.2) is 24.3 Å². The van der Waals surface area contributed by atoms with E-state index in [9.17, 15) is 5.11 Å². The van der Waals surface area contributed by atoms with Gasteiger partial charge in [0.1, 0.15) is 18.0 Å². The Balaban J connectivity index is 1.91. The third-order valence-corrected chi connectivity index (χ3v) is 3.05. The summed E-state index contributed by atoms with van der Waals surface area (Å²) in [5.41, 5.74) is 0.